The molecule has 0 aliphatic heterocycles. The molecule has 2 heterocycles. The van der Waals surface area contributed by atoms with Gasteiger partial charge in [-0.3, -0.25) is 0 Å². The van der Waals surface area contributed by atoms with Crippen molar-refractivity contribution in [3.05, 3.63) is 96.1 Å². The van der Waals surface area contributed by atoms with Gasteiger partial charge < -0.3 is 24.8 Å². The summed E-state index contributed by atoms with van der Waals surface area (Å²) < 4.78 is 4.54. The molecule has 0 saturated heterocycles. The van der Waals surface area contributed by atoms with Gasteiger partial charge in [0.15, 0.2) is 0 Å². The molecular weight excluding hydrogens is 467 g/mol. The van der Waals surface area contributed by atoms with Crippen LogP contribution in [0.4, 0.5) is 0 Å². The number of fused-ring (bicyclic) bond motifs is 2. The van der Waals surface area contributed by atoms with Crippen LogP contribution in [-0.2, 0) is 19.2 Å². The van der Waals surface area contributed by atoms with E-state index in [-0.39, 0.29) is 24.8 Å². The van der Waals surface area contributed by atoms with Crippen molar-refractivity contribution in [2.24, 2.45) is 0 Å². The van der Waals surface area contributed by atoms with Crippen molar-refractivity contribution in [2.45, 2.75) is 8.45 Å². The van der Waals surface area contributed by atoms with Crippen LogP contribution < -0.4 is 24.8 Å². The third kappa shape index (κ3) is 3.70. The first-order valence-corrected chi connectivity index (χ1v) is 11.3. The van der Waals surface area contributed by atoms with E-state index in [1.807, 2.05) is 9.36 Å². The number of nitrogens with zero attached hydrogens (tertiary/aromatic N) is 6. The molecule has 0 amide bonds. The van der Waals surface area contributed by atoms with Gasteiger partial charge in [0.25, 0.3) is 0 Å². The summed E-state index contributed by atoms with van der Waals surface area (Å²) >= 11 is -0.544. The summed E-state index contributed by atoms with van der Waals surface area (Å²) in [5, 5.41) is 8.87. The van der Waals surface area contributed by atoms with Crippen molar-refractivity contribution >= 4 is 23.5 Å². The zero-order valence-corrected chi connectivity index (χ0v) is 19.3. The quantitative estimate of drug-likeness (QED) is 0.309. The van der Waals surface area contributed by atoms with Gasteiger partial charge in [0, 0.05) is 0 Å². The summed E-state index contributed by atoms with van der Waals surface area (Å²) in [6, 6.07) is 17.3. The number of hydrogen-bond acceptors (Lipinski definition) is 4. The van der Waals surface area contributed by atoms with E-state index in [9.17, 15) is 0 Å². The standard InChI is InChI=1S/2C11H8N3.2ClH.Ti/c2*1-2-4-10-6-11(5-9(10)3-1)14-8-12-7-13-14;;;/h2*1-8H;2*1H;/q;;;;+2/p-2. The molecule has 0 spiro atoms. The normalized spacial score (nSPS) is 18.1. The van der Waals surface area contributed by atoms with Crippen LogP contribution >= 0.6 is 0 Å². The topological polar surface area (TPSA) is 61.4 Å². The largest absolute Gasteiger partial charge is 1.00 e. The molecule has 6 rings (SSSR count). The Balaban J connectivity index is 0.00000116. The van der Waals surface area contributed by atoms with E-state index in [0.29, 0.717) is 8.45 Å². The predicted molar refractivity (Wildman–Crippen MR) is 107 cm³/mol. The first kappa shape index (κ1) is 21.7. The molecule has 0 saturated carbocycles. The van der Waals surface area contributed by atoms with Crippen molar-refractivity contribution in [2.75, 3.05) is 0 Å². The molecular formula is C22H16Cl2N6Ti. The van der Waals surface area contributed by atoms with Gasteiger partial charge in [0.05, 0.1) is 0 Å². The van der Waals surface area contributed by atoms with Crippen LogP contribution in [0.1, 0.15) is 30.7 Å². The molecule has 2 aromatic heterocycles. The van der Waals surface area contributed by atoms with Gasteiger partial charge in [-0.25, -0.2) is 0 Å². The minimum atomic E-state index is -0.544. The summed E-state index contributed by atoms with van der Waals surface area (Å²) in [6.07, 6.45) is 11.3. The summed E-state index contributed by atoms with van der Waals surface area (Å²) in [5.41, 5.74) is 7.77. The van der Waals surface area contributed by atoms with E-state index in [4.69, 9.17) is 0 Å². The molecule has 6 nitrogen and oxygen atoms in total. The maximum Gasteiger partial charge on any atom is -1.00 e. The summed E-state index contributed by atoms with van der Waals surface area (Å²) in [6.45, 7) is 0. The van der Waals surface area contributed by atoms with Gasteiger partial charge in [-0.05, 0) is 0 Å². The van der Waals surface area contributed by atoms with Gasteiger partial charge >= 0.3 is 177 Å². The fourth-order valence-corrected chi connectivity index (χ4v) is 7.32. The van der Waals surface area contributed by atoms with E-state index in [1.54, 1.807) is 25.3 Å². The van der Waals surface area contributed by atoms with Crippen molar-refractivity contribution < 1.29 is 44.0 Å². The number of rotatable bonds is 4. The molecule has 0 fully saturated rings. The molecule has 9 heteroatoms. The van der Waals surface area contributed by atoms with Crippen LogP contribution in [0.15, 0.2) is 73.8 Å². The smallest absolute Gasteiger partial charge is 1.00 e. The molecule has 0 bridgehead atoms. The van der Waals surface area contributed by atoms with E-state index in [2.05, 4.69) is 80.8 Å². The van der Waals surface area contributed by atoms with Gasteiger partial charge in [0.2, 0.25) is 0 Å². The van der Waals surface area contributed by atoms with Crippen LogP contribution in [-0.4, -0.2) is 29.5 Å². The fourth-order valence-electron chi connectivity index (χ4n) is 4.21. The molecule has 2 aliphatic carbocycles. The van der Waals surface area contributed by atoms with Gasteiger partial charge in [-0.15, -0.1) is 0 Å². The van der Waals surface area contributed by atoms with E-state index >= 15 is 0 Å². The first-order valence-electron chi connectivity index (χ1n) is 9.45. The molecule has 2 unspecified atom stereocenters. The second kappa shape index (κ2) is 8.93. The minimum absolute atomic E-state index is 0. The van der Waals surface area contributed by atoms with Crippen molar-refractivity contribution in [1.29, 1.82) is 0 Å². The molecule has 31 heavy (non-hydrogen) atoms. The third-order valence-corrected chi connectivity index (χ3v) is 8.45. The maximum absolute atomic E-state index is 4.43. The Morgan fingerprint density at radius 2 is 1.10 bits per heavy atom. The van der Waals surface area contributed by atoms with Crippen molar-refractivity contribution in [3.8, 4) is 0 Å². The molecule has 152 valence electrons. The Hall–Kier alpha value is -2.51. The zero-order chi connectivity index (χ0) is 19.2. The Bertz CT molecular complexity index is 1150. The van der Waals surface area contributed by atoms with Gasteiger partial charge in [-0.2, -0.15) is 0 Å². The number of benzene rings is 2. The Labute approximate surface area is 200 Å². The summed E-state index contributed by atoms with van der Waals surface area (Å²) in [4.78, 5) is 8.36. The summed E-state index contributed by atoms with van der Waals surface area (Å²) in [5.74, 6) is 0. The predicted octanol–water partition coefficient (Wildman–Crippen LogP) is -2.23. The Kier molecular flexibility index (Phi) is 6.25. The SMILES string of the molecule is C1=C(n2cncn2)[CH]([Ti+2][CH]2C(n3cncn3)=Cc3ccccc32)c2ccccc21.[Cl-].[Cl-]. The second-order valence-electron chi connectivity index (χ2n) is 7.11. The van der Waals surface area contributed by atoms with Crippen LogP contribution in [0.3, 0.4) is 0 Å². The Morgan fingerprint density at radius 1 is 0.645 bits per heavy atom. The number of aromatic nitrogens is 6. The monoisotopic (exact) mass is 482 g/mol. The van der Waals surface area contributed by atoms with Gasteiger partial charge in [0.1, 0.15) is 0 Å². The van der Waals surface area contributed by atoms with Gasteiger partial charge in [-0.1, -0.05) is 0 Å². The number of hydrogen-bond donors (Lipinski definition) is 0. The van der Waals surface area contributed by atoms with Crippen LogP contribution in [0.2, 0.25) is 0 Å². The third-order valence-electron chi connectivity index (χ3n) is 5.51. The Morgan fingerprint density at radius 3 is 1.52 bits per heavy atom. The average Bonchev–Trinajstić information content (AvgIpc) is 3.55. The van der Waals surface area contributed by atoms with Crippen molar-refractivity contribution in [1.82, 2.24) is 29.5 Å². The number of halogens is 2. The summed E-state index contributed by atoms with van der Waals surface area (Å²) in [7, 11) is 0. The maximum atomic E-state index is 4.43. The van der Waals surface area contributed by atoms with E-state index < -0.39 is 19.2 Å². The number of allylic oxidation sites excluding steroid dienone is 2. The van der Waals surface area contributed by atoms with Crippen LogP contribution in [0.25, 0.3) is 23.5 Å². The molecule has 2 aliphatic rings. The van der Waals surface area contributed by atoms with Crippen LogP contribution in [0.5, 0.6) is 0 Å². The molecule has 0 N–H and O–H groups in total. The van der Waals surface area contributed by atoms with Crippen molar-refractivity contribution in [3.63, 3.8) is 0 Å². The molecule has 2 aromatic carbocycles. The second-order valence-corrected chi connectivity index (χ2v) is 9.43. The minimum Gasteiger partial charge on any atom is -1.00 e. The van der Waals surface area contributed by atoms with E-state index in [1.165, 1.54) is 33.6 Å². The fraction of sp³-hybridized carbons (Fsp3) is 0.0909. The molecule has 4 aromatic rings. The molecule has 0 radical (unpaired) electrons. The average molecular weight is 483 g/mol. The molecule has 2 atom stereocenters. The van der Waals surface area contributed by atoms with Crippen LogP contribution in [0, 0.1) is 0 Å². The van der Waals surface area contributed by atoms with E-state index in [0.717, 1.165) is 0 Å². The first-order chi connectivity index (χ1) is 14.4. The zero-order valence-electron chi connectivity index (χ0n) is 16.2.